The molecule has 2 heterocycles. The Bertz CT molecular complexity index is 1520. The monoisotopic (exact) mass is 447 g/mol. The number of aromatic hydroxyl groups is 1. The average Bonchev–Trinajstić information content (AvgIpc) is 2.65. The first kappa shape index (κ1) is 20.1. The van der Waals surface area contributed by atoms with E-state index in [4.69, 9.17) is 0 Å². The number of nitrogens with one attached hydrogen (secondary N) is 1. The lowest BCUT2D eigenvalue weighted by Crippen LogP contribution is -2.30. The van der Waals surface area contributed by atoms with Gasteiger partial charge in [0.15, 0.2) is 9.84 Å². The summed E-state index contributed by atoms with van der Waals surface area (Å²) in [5.41, 5.74) is -0.175. The fraction of sp³-hybridized carbons (Fsp3) is 0.158. The SMILES string of the molecule is Cn1c(=O)c(C2=Nc3ccc(NS(C)(=O)=O)cc3S(=O)(=O)C2)c(O)c2ccccc21. The van der Waals surface area contributed by atoms with Crippen LogP contribution < -0.4 is 10.3 Å². The van der Waals surface area contributed by atoms with E-state index < -0.39 is 31.2 Å². The summed E-state index contributed by atoms with van der Waals surface area (Å²) in [6, 6.07) is 10.6. The summed E-state index contributed by atoms with van der Waals surface area (Å²) in [6.45, 7) is 0. The van der Waals surface area contributed by atoms with E-state index in [1.54, 1.807) is 24.3 Å². The van der Waals surface area contributed by atoms with Gasteiger partial charge in [0.1, 0.15) is 11.3 Å². The zero-order valence-electron chi connectivity index (χ0n) is 15.9. The van der Waals surface area contributed by atoms with Gasteiger partial charge in [-0.1, -0.05) is 12.1 Å². The molecule has 3 aromatic rings. The van der Waals surface area contributed by atoms with E-state index in [9.17, 15) is 26.7 Å². The Morgan fingerprint density at radius 2 is 1.87 bits per heavy atom. The minimum Gasteiger partial charge on any atom is -0.506 e. The lowest BCUT2D eigenvalue weighted by Gasteiger charge is -2.19. The third-order valence-corrected chi connectivity index (χ3v) is 7.00. The van der Waals surface area contributed by atoms with E-state index in [1.807, 2.05) is 0 Å². The van der Waals surface area contributed by atoms with E-state index in [0.29, 0.717) is 10.9 Å². The topological polar surface area (TPSA) is 135 Å². The van der Waals surface area contributed by atoms with Gasteiger partial charge in [-0.2, -0.15) is 0 Å². The summed E-state index contributed by atoms with van der Waals surface area (Å²) >= 11 is 0. The summed E-state index contributed by atoms with van der Waals surface area (Å²) in [6.07, 6.45) is 0.954. The summed E-state index contributed by atoms with van der Waals surface area (Å²) in [5.74, 6) is -0.940. The number of nitrogens with zero attached hydrogens (tertiary/aromatic N) is 2. The number of anilines is 1. The molecule has 0 atom stereocenters. The molecule has 0 saturated carbocycles. The first-order chi connectivity index (χ1) is 14.0. The number of pyridine rings is 1. The third-order valence-electron chi connectivity index (χ3n) is 4.74. The maximum absolute atomic E-state index is 12.9. The first-order valence-electron chi connectivity index (χ1n) is 8.71. The highest BCUT2D eigenvalue weighted by Gasteiger charge is 2.31. The number of aliphatic imine (C=N–C) groups is 1. The Kier molecular flexibility index (Phi) is 4.47. The fourth-order valence-corrected chi connectivity index (χ4v) is 5.45. The van der Waals surface area contributed by atoms with Gasteiger partial charge < -0.3 is 9.67 Å². The number of sulfone groups is 1. The Balaban J connectivity index is 1.95. The molecule has 0 radical (unpaired) electrons. The Labute approximate surface area is 172 Å². The molecule has 11 heteroatoms. The van der Waals surface area contributed by atoms with Crippen molar-refractivity contribution in [1.82, 2.24) is 4.57 Å². The zero-order valence-corrected chi connectivity index (χ0v) is 17.6. The maximum Gasteiger partial charge on any atom is 0.263 e. The summed E-state index contributed by atoms with van der Waals surface area (Å²) in [4.78, 5) is 17.0. The molecule has 1 aliphatic heterocycles. The van der Waals surface area contributed by atoms with E-state index in [2.05, 4.69) is 9.71 Å². The highest BCUT2D eigenvalue weighted by atomic mass is 32.2. The van der Waals surface area contributed by atoms with Gasteiger partial charge in [-0.15, -0.1) is 0 Å². The van der Waals surface area contributed by atoms with Crippen LogP contribution in [0.15, 0.2) is 57.1 Å². The maximum atomic E-state index is 12.9. The van der Waals surface area contributed by atoms with Gasteiger partial charge in [0, 0.05) is 18.1 Å². The van der Waals surface area contributed by atoms with Gasteiger partial charge in [-0.05, 0) is 30.3 Å². The van der Waals surface area contributed by atoms with Crippen LogP contribution in [0.3, 0.4) is 0 Å². The van der Waals surface area contributed by atoms with Gasteiger partial charge in [-0.25, -0.2) is 16.8 Å². The molecule has 30 heavy (non-hydrogen) atoms. The number of hydrogen-bond donors (Lipinski definition) is 2. The van der Waals surface area contributed by atoms with Crippen molar-refractivity contribution in [1.29, 1.82) is 0 Å². The minimum absolute atomic E-state index is 0.0601. The molecule has 0 spiro atoms. The van der Waals surface area contributed by atoms with E-state index in [-0.39, 0.29) is 33.3 Å². The van der Waals surface area contributed by atoms with Crippen molar-refractivity contribution in [3.05, 3.63) is 58.4 Å². The largest absolute Gasteiger partial charge is 0.506 e. The van der Waals surface area contributed by atoms with Crippen molar-refractivity contribution in [3.63, 3.8) is 0 Å². The molecule has 0 fully saturated rings. The van der Waals surface area contributed by atoms with E-state index in [0.717, 1.165) is 6.26 Å². The van der Waals surface area contributed by atoms with E-state index >= 15 is 0 Å². The predicted molar refractivity (Wildman–Crippen MR) is 114 cm³/mol. The lowest BCUT2D eigenvalue weighted by molar-refractivity contribution is 0.478. The normalized spacial score (nSPS) is 15.5. The Hall–Kier alpha value is -3.18. The number of benzene rings is 2. The van der Waals surface area contributed by atoms with Crippen LogP contribution in [0.4, 0.5) is 11.4 Å². The smallest absolute Gasteiger partial charge is 0.263 e. The average molecular weight is 447 g/mol. The van der Waals surface area contributed by atoms with Crippen LogP contribution in [0.2, 0.25) is 0 Å². The molecule has 0 saturated heterocycles. The van der Waals surface area contributed by atoms with Crippen LogP contribution >= 0.6 is 0 Å². The molecule has 1 aromatic heterocycles. The van der Waals surface area contributed by atoms with Crippen LogP contribution in [0, 0.1) is 0 Å². The molecule has 0 aliphatic carbocycles. The predicted octanol–water partition coefficient (Wildman–Crippen LogP) is 1.52. The summed E-state index contributed by atoms with van der Waals surface area (Å²) in [7, 11) is -6.00. The molecular weight excluding hydrogens is 430 g/mol. The first-order valence-corrected chi connectivity index (χ1v) is 12.3. The zero-order chi connectivity index (χ0) is 21.8. The lowest BCUT2D eigenvalue weighted by atomic mass is 10.1. The molecule has 0 bridgehead atoms. The van der Waals surface area contributed by atoms with Gasteiger partial charge >= 0.3 is 0 Å². The molecule has 1 aliphatic rings. The molecule has 2 aromatic carbocycles. The van der Waals surface area contributed by atoms with Crippen molar-refractivity contribution in [2.45, 2.75) is 4.90 Å². The standard InChI is InChI=1S/C19H17N3O6S2/c1-22-15-6-4-3-5-12(15)18(23)17(19(22)24)14-10-30(27,28)16-9-11(21-29(2,25)26)7-8-13(16)20-14/h3-9,21,23H,10H2,1-2H3. The van der Waals surface area contributed by atoms with E-state index in [1.165, 1.54) is 29.8 Å². The Morgan fingerprint density at radius 3 is 2.57 bits per heavy atom. The number of fused-ring (bicyclic) bond motifs is 2. The van der Waals surface area contributed by atoms with Crippen LogP contribution in [0.25, 0.3) is 10.9 Å². The number of para-hydroxylation sites is 1. The van der Waals surface area contributed by atoms with Crippen LogP contribution in [-0.2, 0) is 26.9 Å². The highest BCUT2D eigenvalue weighted by Crippen LogP contribution is 2.35. The molecule has 9 nitrogen and oxygen atoms in total. The highest BCUT2D eigenvalue weighted by molar-refractivity contribution is 7.92. The van der Waals surface area contributed by atoms with Crippen molar-refractivity contribution in [2.75, 3.05) is 16.7 Å². The number of aryl methyl sites for hydroxylation is 1. The minimum atomic E-state index is -3.94. The number of aromatic nitrogens is 1. The Morgan fingerprint density at radius 1 is 1.17 bits per heavy atom. The van der Waals surface area contributed by atoms with Crippen LogP contribution in [-0.4, -0.2) is 44.2 Å². The van der Waals surface area contributed by atoms with Crippen molar-refractivity contribution in [3.8, 4) is 5.75 Å². The molecule has 156 valence electrons. The molecule has 2 N–H and O–H groups in total. The second-order valence-corrected chi connectivity index (χ2v) is 10.7. The second-order valence-electron chi connectivity index (χ2n) is 6.98. The van der Waals surface area contributed by atoms with Gasteiger partial charge in [0.25, 0.3) is 5.56 Å². The molecule has 0 unspecified atom stereocenters. The number of sulfonamides is 1. The third kappa shape index (κ3) is 3.35. The van der Waals surface area contributed by atoms with Gasteiger partial charge in [0.05, 0.1) is 33.8 Å². The quantitative estimate of drug-likeness (QED) is 0.625. The summed E-state index contributed by atoms with van der Waals surface area (Å²) in [5, 5.41) is 11.1. The fourth-order valence-electron chi connectivity index (χ4n) is 3.44. The second kappa shape index (κ2) is 6.67. The van der Waals surface area contributed by atoms with Gasteiger partial charge in [0.2, 0.25) is 10.0 Å². The molecular formula is C19H17N3O6S2. The molecule has 4 rings (SSSR count). The number of rotatable bonds is 3. The van der Waals surface area contributed by atoms with Crippen molar-refractivity contribution < 1.29 is 21.9 Å². The van der Waals surface area contributed by atoms with Crippen LogP contribution in [0.1, 0.15) is 5.56 Å². The number of hydrogen-bond acceptors (Lipinski definition) is 7. The molecule has 0 amide bonds. The van der Waals surface area contributed by atoms with Gasteiger partial charge in [-0.3, -0.25) is 14.5 Å². The van der Waals surface area contributed by atoms with Crippen molar-refractivity contribution in [2.24, 2.45) is 12.0 Å². The van der Waals surface area contributed by atoms with Crippen LogP contribution in [0.5, 0.6) is 5.75 Å². The summed E-state index contributed by atoms with van der Waals surface area (Å²) < 4.78 is 52.2. The van der Waals surface area contributed by atoms with Crippen molar-refractivity contribution >= 4 is 47.8 Å².